The molecule has 21 heavy (non-hydrogen) atoms. The van der Waals surface area contributed by atoms with E-state index >= 15 is 0 Å². The molecule has 0 aromatic heterocycles. The topological polar surface area (TPSA) is 116 Å². The van der Waals surface area contributed by atoms with Crippen LogP contribution in [-0.2, 0) is 0 Å². The van der Waals surface area contributed by atoms with Gasteiger partial charge in [0.2, 0.25) is 0 Å². The Morgan fingerprint density at radius 1 is 1.48 bits per heavy atom. The van der Waals surface area contributed by atoms with Crippen LogP contribution in [0.25, 0.3) is 0 Å². The maximum Gasteiger partial charge on any atom is 0.335 e. The highest BCUT2D eigenvalue weighted by Gasteiger charge is 2.23. The average molecular weight is 297 g/mol. The molecule has 0 saturated carbocycles. The lowest BCUT2D eigenvalue weighted by molar-refractivity contribution is -0.384. The van der Waals surface area contributed by atoms with Crippen LogP contribution in [0.5, 0.6) is 0 Å². The summed E-state index contributed by atoms with van der Waals surface area (Å²) in [5, 5.41) is 32.8. The third kappa shape index (κ3) is 5.01. The molecule has 0 aliphatic rings. The number of aliphatic hydroxyl groups is 1. The predicted molar refractivity (Wildman–Crippen MR) is 77.7 cm³/mol. The summed E-state index contributed by atoms with van der Waals surface area (Å²) in [4.78, 5) is 23.0. The molecule has 0 spiro atoms. The fourth-order valence-electron chi connectivity index (χ4n) is 1.99. The first-order valence-electron chi connectivity index (χ1n) is 6.25. The van der Waals surface area contributed by atoms with Crippen molar-refractivity contribution < 1.29 is 19.9 Å². The molecule has 0 amide bonds. The number of nitrogens with one attached hydrogen (secondary N) is 1. The van der Waals surface area contributed by atoms with Crippen molar-refractivity contribution in [2.45, 2.75) is 12.5 Å². The number of nitro benzene ring substituents is 1. The highest BCUT2D eigenvalue weighted by atomic mass is 16.6. The molecule has 8 nitrogen and oxygen atoms in total. The van der Waals surface area contributed by atoms with Crippen LogP contribution in [0.4, 0.5) is 11.4 Å². The van der Waals surface area contributed by atoms with E-state index in [1.165, 1.54) is 12.1 Å². The number of hydrogen-bond donors (Lipinski definition) is 3. The van der Waals surface area contributed by atoms with Gasteiger partial charge >= 0.3 is 5.97 Å². The van der Waals surface area contributed by atoms with E-state index in [0.717, 1.165) is 6.07 Å². The van der Waals surface area contributed by atoms with E-state index in [1.807, 2.05) is 0 Å². The zero-order valence-corrected chi connectivity index (χ0v) is 12.2. The first-order valence-corrected chi connectivity index (χ1v) is 6.25. The molecule has 116 valence electrons. The number of nitrogens with zero attached hydrogens (tertiary/aromatic N) is 2. The average Bonchev–Trinajstić information content (AvgIpc) is 2.34. The van der Waals surface area contributed by atoms with Crippen molar-refractivity contribution in [2.24, 2.45) is 0 Å². The van der Waals surface area contributed by atoms with Gasteiger partial charge in [0.15, 0.2) is 0 Å². The van der Waals surface area contributed by atoms with E-state index in [4.69, 9.17) is 5.11 Å². The Kier molecular flexibility index (Phi) is 5.23. The van der Waals surface area contributed by atoms with Crippen molar-refractivity contribution in [3.05, 3.63) is 33.9 Å². The predicted octanol–water partition coefficient (Wildman–Crippen LogP) is 1.02. The van der Waals surface area contributed by atoms with Crippen LogP contribution in [0, 0.1) is 10.1 Å². The number of likely N-dealkylation sites (N-methyl/N-ethyl adjacent to an activating group) is 1. The van der Waals surface area contributed by atoms with Gasteiger partial charge in [0.25, 0.3) is 5.69 Å². The smallest absolute Gasteiger partial charge is 0.335 e. The van der Waals surface area contributed by atoms with Crippen LogP contribution in [0.2, 0.25) is 0 Å². The Balaban J connectivity index is 2.93. The Bertz CT molecular complexity index is 543. The van der Waals surface area contributed by atoms with Gasteiger partial charge in [0, 0.05) is 19.2 Å². The summed E-state index contributed by atoms with van der Waals surface area (Å²) in [6.45, 7) is 2.08. The van der Waals surface area contributed by atoms with Crippen molar-refractivity contribution in [2.75, 3.05) is 32.5 Å². The molecule has 0 saturated heterocycles. The highest BCUT2D eigenvalue weighted by Crippen LogP contribution is 2.26. The minimum Gasteiger partial charge on any atom is -0.478 e. The largest absolute Gasteiger partial charge is 0.478 e. The van der Waals surface area contributed by atoms with Crippen molar-refractivity contribution in [1.82, 2.24) is 4.90 Å². The zero-order valence-electron chi connectivity index (χ0n) is 12.2. The summed E-state index contributed by atoms with van der Waals surface area (Å²) in [6, 6.07) is 3.59. The van der Waals surface area contributed by atoms with Crippen LogP contribution in [-0.4, -0.2) is 58.8 Å². The number of anilines is 1. The molecule has 0 radical (unpaired) electrons. The van der Waals surface area contributed by atoms with Gasteiger partial charge < -0.3 is 20.4 Å². The van der Waals surface area contributed by atoms with Gasteiger partial charge in [-0.2, -0.15) is 0 Å². The Hall–Kier alpha value is -2.19. The second-order valence-corrected chi connectivity index (χ2v) is 5.38. The summed E-state index contributed by atoms with van der Waals surface area (Å²) < 4.78 is 0. The molecule has 1 aromatic rings. The molecule has 0 heterocycles. The van der Waals surface area contributed by atoms with E-state index in [0.29, 0.717) is 6.54 Å². The van der Waals surface area contributed by atoms with E-state index in [9.17, 15) is 20.0 Å². The van der Waals surface area contributed by atoms with Gasteiger partial charge in [-0.25, -0.2) is 4.79 Å². The van der Waals surface area contributed by atoms with Crippen LogP contribution in [0.3, 0.4) is 0 Å². The van der Waals surface area contributed by atoms with Gasteiger partial charge in [0.05, 0.1) is 16.1 Å². The Morgan fingerprint density at radius 2 is 2.10 bits per heavy atom. The lowest BCUT2D eigenvalue weighted by Crippen LogP contribution is -2.43. The normalized spacial score (nSPS) is 13.8. The molecule has 0 bridgehead atoms. The zero-order chi connectivity index (χ0) is 16.2. The summed E-state index contributed by atoms with van der Waals surface area (Å²) in [7, 11) is 3.61. The maximum atomic E-state index is 11.0. The van der Waals surface area contributed by atoms with Crippen LogP contribution < -0.4 is 5.32 Å². The first-order chi connectivity index (χ1) is 9.62. The molecule has 1 unspecified atom stereocenters. The maximum absolute atomic E-state index is 11.0. The minimum atomic E-state index is -1.23. The van der Waals surface area contributed by atoms with E-state index in [-0.39, 0.29) is 23.5 Å². The monoisotopic (exact) mass is 297 g/mol. The lowest BCUT2D eigenvalue weighted by atomic mass is 10.1. The van der Waals surface area contributed by atoms with E-state index in [1.54, 1.807) is 25.9 Å². The van der Waals surface area contributed by atoms with Crippen molar-refractivity contribution >= 4 is 17.3 Å². The van der Waals surface area contributed by atoms with Crippen LogP contribution >= 0.6 is 0 Å². The minimum absolute atomic E-state index is 0.0957. The number of carboxylic acid groups (broad SMARTS) is 1. The second kappa shape index (κ2) is 6.51. The number of benzene rings is 1. The third-order valence-electron chi connectivity index (χ3n) is 2.76. The molecule has 0 aliphatic heterocycles. The van der Waals surface area contributed by atoms with Crippen molar-refractivity contribution in [1.29, 1.82) is 0 Å². The van der Waals surface area contributed by atoms with E-state index in [2.05, 4.69) is 5.32 Å². The number of hydrogen-bond acceptors (Lipinski definition) is 6. The molecule has 8 heteroatoms. The lowest BCUT2D eigenvalue weighted by Gasteiger charge is -2.27. The SMILES string of the molecule is CN(C)CC(C)(O)CNc1ccc(C(=O)O)cc1[N+](=O)[O-]. The quantitative estimate of drug-likeness (QED) is 0.508. The molecule has 1 aromatic carbocycles. The summed E-state index contributed by atoms with van der Waals surface area (Å²) in [5.41, 5.74) is -1.41. The number of carbonyl (C=O) groups is 1. The molecular formula is C13H19N3O5. The van der Waals surface area contributed by atoms with Crippen LogP contribution in [0.15, 0.2) is 18.2 Å². The van der Waals surface area contributed by atoms with Gasteiger partial charge in [-0.1, -0.05) is 0 Å². The van der Waals surface area contributed by atoms with Crippen molar-refractivity contribution in [3.8, 4) is 0 Å². The highest BCUT2D eigenvalue weighted by molar-refractivity contribution is 5.89. The number of nitro groups is 1. The van der Waals surface area contributed by atoms with Gasteiger partial charge in [-0.15, -0.1) is 0 Å². The van der Waals surface area contributed by atoms with Crippen molar-refractivity contribution in [3.63, 3.8) is 0 Å². The fraction of sp³-hybridized carbons (Fsp3) is 0.462. The number of rotatable bonds is 7. The van der Waals surface area contributed by atoms with Gasteiger partial charge in [-0.3, -0.25) is 10.1 Å². The Labute approximate surface area is 122 Å². The molecular weight excluding hydrogens is 278 g/mol. The Morgan fingerprint density at radius 3 is 2.57 bits per heavy atom. The van der Waals surface area contributed by atoms with E-state index < -0.39 is 16.5 Å². The summed E-state index contributed by atoms with van der Waals surface area (Å²) >= 11 is 0. The number of aromatic carboxylic acids is 1. The third-order valence-corrected chi connectivity index (χ3v) is 2.76. The molecule has 1 atom stereocenters. The molecule has 3 N–H and O–H groups in total. The standard InChI is InChI=1S/C13H19N3O5/c1-13(19,8-15(2)3)7-14-10-5-4-9(12(17)18)6-11(10)16(20)21/h4-6,14,19H,7-8H2,1-3H3,(H,17,18). The van der Waals surface area contributed by atoms with Gasteiger partial charge in [-0.05, 0) is 33.2 Å². The molecule has 0 aliphatic carbocycles. The molecule has 1 rings (SSSR count). The second-order valence-electron chi connectivity index (χ2n) is 5.38. The summed E-state index contributed by atoms with van der Waals surface area (Å²) in [5.74, 6) is -1.23. The molecule has 0 fully saturated rings. The van der Waals surface area contributed by atoms with Gasteiger partial charge in [0.1, 0.15) is 5.69 Å². The summed E-state index contributed by atoms with van der Waals surface area (Å²) in [6.07, 6.45) is 0. The van der Waals surface area contributed by atoms with Crippen LogP contribution in [0.1, 0.15) is 17.3 Å². The number of carboxylic acids is 1. The first kappa shape index (κ1) is 16.9. The fourth-order valence-corrected chi connectivity index (χ4v) is 1.99.